The van der Waals surface area contributed by atoms with Crippen molar-refractivity contribution in [3.8, 4) is 5.69 Å². The van der Waals surface area contributed by atoms with Crippen LogP contribution in [-0.2, 0) is 11.0 Å². The summed E-state index contributed by atoms with van der Waals surface area (Å²) < 4.78 is 41.3. The number of benzene rings is 1. The predicted molar refractivity (Wildman–Crippen MR) is 121 cm³/mol. The quantitative estimate of drug-likeness (QED) is 0.571. The molecule has 1 aliphatic carbocycles. The van der Waals surface area contributed by atoms with Gasteiger partial charge in [-0.3, -0.25) is 4.79 Å². The predicted octanol–water partition coefficient (Wildman–Crippen LogP) is 2.58. The molecule has 3 aromatic rings. The first-order valence-electron chi connectivity index (χ1n) is 11.7. The fourth-order valence-corrected chi connectivity index (χ4v) is 4.97. The third-order valence-electron chi connectivity index (χ3n) is 6.99. The summed E-state index contributed by atoms with van der Waals surface area (Å²) in [5, 5.41) is 17.8. The number of aliphatic hydroxyl groups excluding tert-OH is 1. The molecule has 2 aromatic heterocycles. The van der Waals surface area contributed by atoms with Crippen molar-refractivity contribution in [1.82, 2.24) is 24.6 Å². The minimum Gasteiger partial charge on any atom is -0.393 e. The van der Waals surface area contributed by atoms with Crippen LogP contribution in [0, 0.1) is 0 Å². The van der Waals surface area contributed by atoms with Gasteiger partial charge >= 0.3 is 6.18 Å². The number of likely N-dealkylation sites (tertiary alicyclic amines) is 1. The van der Waals surface area contributed by atoms with Crippen LogP contribution < -0.4 is 10.2 Å². The summed E-state index contributed by atoms with van der Waals surface area (Å²) >= 11 is 0. The van der Waals surface area contributed by atoms with Crippen molar-refractivity contribution in [2.75, 3.05) is 29.9 Å². The Morgan fingerprint density at radius 2 is 1.94 bits per heavy atom. The lowest BCUT2D eigenvalue weighted by Gasteiger charge is -2.44. The number of halogens is 3. The van der Waals surface area contributed by atoms with Crippen molar-refractivity contribution < 1.29 is 23.1 Å². The first kappa shape index (κ1) is 22.1. The lowest BCUT2D eigenvalue weighted by molar-refractivity contribution is -0.137. The number of nitrogens with zero attached hydrogens (tertiary/aromatic N) is 6. The summed E-state index contributed by atoms with van der Waals surface area (Å²) in [4.78, 5) is 25.4. The fourth-order valence-electron chi connectivity index (χ4n) is 4.97. The monoisotopic (exact) mass is 487 g/mol. The lowest BCUT2D eigenvalue weighted by Crippen LogP contribution is -2.60. The number of alkyl halides is 3. The van der Waals surface area contributed by atoms with Gasteiger partial charge in [0.25, 0.3) is 0 Å². The minimum atomic E-state index is -4.48. The number of hydrogen-bond acceptors (Lipinski definition) is 7. The first-order valence-corrected chi connectivity index (χ1v) is 11.7. The van der Waals surface area contributed by atoms with Gasteiger partial charge in [-0.15, -0.1) is 0 Å². The molecule has 6 rings (SSSR count). The van der Waals surface area contributed by atoms with Crippen LogP contribution in [0.15, 0.2) is 30.5 Å². The molecule has 2 aliphatic heterocycles. The third kappa shape index (κ3) is 3.95. The van der Waals surface area contributed by atoms with Crippen molar-refractivity contribution in [2.45, 2.75) is 50.0 Å². The first-order chi connectivity index (χ1) is 16.8. The Labute approximate surface area is 198 Å². The van der Waals surface area contributed by atoms with Gasteiger partial charge < -0.3 is 20.2 Å². The lowest BCUT2D eigenvalue weighted by atomic mass is 9.90. The van der Waals surface area contributed by atoms with Gasteiger partial charge in [0.2, 0.25) is 11.9 Å². The number of rotatable bonds is 5. The number of fused-ring (bicyclic) bond motifs is 1. The summed E-state index contributed by atoms with van der Waals surface area (Å²) in [5.41, 5.74) is -0.137. The highest BCUT2D eigenvalue weighted by Crippen LogP contribution is 2.34. The summed E-state index contributed by atoms with van der Waals surface area (Å²) in [6.07, 6.45) is -0.663. The van der Waals surface area contributed by atoms with Crippen LogP contribution in [0.3, 0.4) is 0 Å². The normalized spacial score (nSPS) is 23.0. The highest BCUT2D eigenvalue weighted by Gasteiger charge is 2.38. The molecule has 2 N–H and O–H groups in total. The highest BCUT2D eigenvalue weighted by atomic mass is 19.4. The van der Waals surface area contributed by atoms with Crippen molar-refractivity contribution in [1.29, 1.82) is 0 Å². The molecule has 184 valence electrons. The van der Waals surface area contributed by atoms with E-state index in [2.05, 4.69) is 15.4 Å². The van der Waals surface area contributed by atoms with Crippen molar-refractivity contribution >= 4 is 28.7 Å². The van der Waals surface area contributed by atoms with Gasteiger partial charge in [0, 0.05) is 32.1 Å². The molecule has 0 spiro atoms. The maximum Gasteiger partial charge on any atom is 0.416 e. The largest absolute Gasteiger partial charge is 0.416 e. The van der Waals surface area contributed by atoms with Crippen LogP contribution in [0.5, 0.6) is 0 Å². The Kier molecular flexibility index (Phi) is 5.09. The maximum absolute atomic E-state index is 13.3. The number of nitrogens with one attached hydrogen (secondary N) is 1. The fraction of sp³-hybridized carbons (Fsp3) is 0.478. The van der Waals surface area contributed by atoms with E-state index >= 15 is 0 Å². The van der Waals surface area contributed by atoms with E-state index < -0.39 is 11.7 Å². The van der Waals surface area contributed by atoms with Gasteiger partial charge in [-0.05, 0) is 37.5 Å². The third-order valence-corrected chi connectivity index (χ3v) is 6.99. The number of anilines is 2. The van der Waals surface area contributed by atoms with Gasteiger partial charge in [-0.2, -0.15) is 28.2 Å². The molecular weight excluding hydrogens is 463 g/mol. The zero-order valence-electron chi connectivity index (χ0n) is 18.7. The summed E-state index contributed by atoms with van der Waals surface area (Å²) in [6, 6.07) is 5.10. The van der Waals surface area contributed by atoms with Gasteiger partial charge in [-0.25, -0.2) is 4.68 Å². The molecule has 1 amide bonds. The van der Waals surface area contributed by atoms with E-state index in [0.29, 0.717) is 55.2 Å². The molecular formula is C23H24F3N7O2. The second-order valence-corrected chi connectivity index (χ2v) is 9.43. The van der Waals surface area contributed by atoms with Gasteiger partial charge in [0.05, 0.1) is 35.0 Å². The van der Waals surface area contributed by atoms with E-state index in [0.717, 1.165) is 25.1 Å². The molecule has 1 saturated carbocycles. The van der Waals surface area contributed by atoms with Crippen LogP contribution in [0.2, 0.25) is 0 Å². The van der Waals surface area contributed by atoms with E-state index in [9.17, 15) is 23.1 Å². The Hall–Kier alpha value is -3.41. The molecule has 3 fully saturated rings. The Morgan fingerprint density at radius 3 is 2.63 bits per heavy atom. The Morgan fingerprint density at radius 1 is 1.14 bits per heavy atom. The molecule has 0 unspecified atom stereocenters. The Balaban J connectivity index is 1.36. The molecule has 9 nitrogen and oxygen atoms in total. The molecule has 0 radical (unpaired) electrons. The topological polar surface area (TPSA) is 99.4 Å². The van der Waals surface area contributed by atoms with E-state index in [1.165, 1.54) is 10.7 Å². The number of aromatic nitrogens is 4. The summed E-state index contributed by atoms with van der Waals surface area (Å²) in [7, 11) is 0. The molecule has 4 heterocycles. The highest BCUT2D eigenvalue weighted by molar-refractivity contribution is 5.90. The van der Waals surface area contributed by atoms with E-state index in [4.69, 9.17) is 4.98 Å². The van der Waals surface area contributed by atoms with E-state index in [1.807, 2.05) is 9.80 Å². The second kappa shape index (κ2) is 8.08. The molecule has 35 heavy (non-hydrogen) atoms. The SMILES string of the molecule is O=C1CCCN1C1CN(c2nc(N[C@H]3C[C@@H](O)C3)nc3c2cnn3-c2cccc(C(F)(F)F)c2)C1. The zero-order chi connectivity index (χ0) is 24.3. The standard InChI is InChI=1S/C23H24F3N7O2/c24-23(25,26)13-3-1-4-15(7-13)33-21-18(10-27-33)20(29-22(30-21)28-14-8-17(34)9-14)31-11-16(12-31)32-6-2-5-19(32)35/h1,3-4,7,10,14,16-17,34H,2,5-6,8-9,11-12H2,(H,28,29,30)/t14-,17+. The van der Waals surface area contributed by atoms with Crippen molar-refractivity contribution in [3.05, 3.63) is 36.0 Å². The number of hydrogen-bond donors (Lipinski definition) is 2. The van der Waals surface area contributed by atoms with E-state index in [1.54, 1.807) is 12.3 Å². The molecule has 0 atom stereocenters. The van der Waals surface area contributed by atoms with Crippen LogP contribution in [-0.4, -0.2) is 73.5 Å². The van der Waals surface area contributed by atoms with Crippen LogP contribution >= 0.6 is 0 Å². The minimum absolute atomic E-state index is 0.0200. The van der Waals surface area contributed by atoms with Crippen LogP contribution in [0.4, 0.5) is 24.9 Å². The van der Waals surface area contributed by atoms with Crippen molar-refractivity contribution in [2.24, 2.45) is 0 Å². The summed E-state index contributed by atoms with van der Waals surface area (Å²) in [5.74, 6) is 1.13. The second-order valence-electron chi connectivity index (χ2n) is 9.43. The van der Waals surface area contributed by atoms with Crippen molar-refractivity contribution in [3.63, 3.8) is 0 Å². The zero-order valence-corrected chi connectivity index (χ0v) is 18.7. The molecule has 12 heteroatoms. The van der Waals surface area contributed by atoms with Gasteiger partial charge in [0.1, 0.15) is 5.82 Å². The van der Waals surface area contributed by atoms with Gasteiger partial charge in [0.15, 0.2) is 5.65 Å². The molecule has 1 aromatic carbocycles. The number of amides is 1. The van der Waals surface area contributed by atoms with Crippen LogP contribution in [0.25, 0.3) is 16.7 Å². The smallest absolute Gasteiger partial charge is 0.393 e. The average molecular weight is 487 g/mol. The number of carbonyl (C=O) groups is 1. The molecule has 0 bridgehead atoms. The van der Waals surface area contributed by atoms with Crippen LogP contribution in [0.1, 0.15) is 31.2 Å². The number of aliphatic hydroxyl groups is 1. The number of carbonyl (C=O) groups excluding carboxylic acids is 1. The Bertz CT molecular complexity index is 1280. The summed E-state index contributed by atoms with van der Waals surface area (Å²) in [6.45, 7) is 2.00. The van der Waals surface area contributed by atoms with E-state index in [-0.39, 0.29) is 29.8 Å². The molecule has 3 aliphatic rings. The average Bonchev–Trinajstić information content (AvgIpc) is 3.38. The molecule has 2 saturated heterocycles. The van der Waals surface area contributed by atoms with Gasteiger partial charge in [-0.1, -0.05) is 6.07 Å². The maximum atomic E-state index is 13.3.